The Kier molecular flexibility index (Phi) is 7.46. The number of benzene rings is 1. The Bertz CT molecular complexity index is 1130. The van der Waals surface area contributed by atoms with Crippen molar-refractivity contribution in [2.45, 2.75) is 51.7 Å². The van der Waals surface area contributed by atoms with Gasteiger partial charge in [0.1, 0.15) is 17.6 Å². The fourth-order valence-electron chi connectivity index (χ4n) is 3.59. The number of hydrogen-bond donors (Lipinski definition) is 2. The van der Waals surface area contributed by atoms with Crippen molar-refractivity contribution in [1.82, 2.24) is 15.5 Å². The highest BCUT2D eigenvalue weighted by Crippen LogP contribution is 2.34. The van der Waals surface area contributed by atoms with Gasteiger partial charge in [0.15, 0.2) is 5.17 Å². The zero-order chi connectivity index (χ0) is 24.1. The predicted molar refractivity (Wildman–Crippen MR) is 131 cm³/mol. The minimum Gasteiger partial charge on any atom is -0.467 e. The number of thioether (sulfide) groups is 1. The number of para-hydroxylation sites is 1. The molecule has 2 aliphatic rings. The molecular weight excluding hydrogens is 454 g/mol. The number of fused-ring (bicyclic) bond motifs is 3. The van der Waals surface area contributed by atoms with Crippen molar-refractivity contribution in [1.29, 1.82) is 0 Å². The van der Waals surface area contributed by atoms with E-state index < -0.39 is 6.04 Å². The van der Waals surface area contributed by atoms with E-state index in [9.17, 15) is 14.4 Å². The normalized spacial score (nSPS) is 17.4. The van der Waals surface area contributed by atoms with E-state index in [0.717, 1.165) is 12.0 Å². The van der Waals surface area contributed by atoms with Gasteiger partial charge >= 0.3 is 0 Å². The van der Waals surface area contributed by atoms with Crippen LogP contribution >= 0.6 is 11.8 Å². The average molecular weight is 482 g/mol. The summed E-state index contributed by atoms with van der Waals surface area (Å²) >= 11 is 1.21. The topological polar surface area (TPSA) is 116 Å². The molecule has 2 aromatic rings. The minimum atomic E-state index is -0.685. The van der Waals surface area contributed by atoms with Crippen LogP contribution in [0.1, 0.15) is 44.4 Å². The second-order valence-corrected chi connectivity index (χ2v) is 9.06. The number of carbonyl (C=O) groups is 3. The molecule has 1 aromatic heterocycles. The van der Waals surface area contributed by atoms with Crippen LogP contribution in [0.15, 0.2) is 57.1 Å². The molecule has 0 radical (unpaired) electrons. The third-order valence-electron chi connectivity index (χ3n) is 5.58. The van der Waals surface area contributed by atoms with E-state index in [0.29, 0.717) is 29.0 Å². The fraction of sp³-hybridized carbons (Fsp3) is 0.375. The molecule has 9 nitrogen and oxygen atoms in total. The van der Waals surface area contributed by atoms with Crippen molar-refractivity contribution in [3.05, 3.63) is 54.0 Å². The molecule has 0 fully saturated rings. The predicted octanol–water partition coefficient (Wildman–Crippen LogP) is 2.98. The first-order chi connectivity index (χ1) is 16.5. The smallest absolute Gasteiger partial charge is 0.259 e. The molecule has 1 aromatic carbocycles. The lowest BCUT2D eigenvalue weighted by Crippen LogP contribution is -2.42. The van der Waals surface area contributed by atoms with Crippen LogP contribution in [0.5, 0.6) is 0 Å². The average Bonchev–Trinajstić information content (AvgIpc) is 3.48. The Morgan fingerprint density at radius 1 is 1.21 bits per heavy atom. The van der Waals surface area contributed by atoms with Crippen LogP contribution in [-0.4, -0.2) is 51.5 Å². The van der Waals surface area contributed by atoms with E-state index in [4.69, 9.17) is 4.42 Å². The van der Waals surface area contributed by atoms with E-state index in [1.807, 2.05) is 38.1 Å². The van der Waals surface area contributed by atoms with Gasteiger partial charge < -0.3 is 15.1 Å². The van der Waals surface area contributed by atoms with Gasteiger partial charge in [-0.2, -0.15) is 0 Å². The molecule has 0 saturated heterocycles. The molecule has 0 saturated carbocycles. The molecule has 3 heterocycles. The summed E-state index contributed by atoms with van der Waals surface area (Å²) in [4.78, 5) is 48.6. The molecule has 34 heavy (non-hydrogen) atoms. The quantitative estimate of drug-likeness (QED) is 0.571. The van der Waals surface area contributed by atoms with Crippen LogP contribution in [0.3, 0.4) is 0 Å². The fourth-order valence-corrected chi connectivity index (χ4v) is 4.40. The van der Waals surface area contributed by atoms with Crippen LogP contribution in [0.2, 0.25) is 0 Å². The van der Waals surface area contributed by atoms with Crippen LogP contribution in [-0.2, 0) is 20.9 Å². The molecule has 0 aliphatic carbocycles. The van der Waals surface area contributed by atoms with Crippen molar-refractivity contribution in [2.24, 2.45) is 9.98 Å². The molecule has 0 unspecified atom stereocenters. The highest BCUT2D eigenvalue weighted by molar-refractivity contribution is 8.14. The number of carbonyl (C=O) groups excluding carboxylic acids is 3. The number of rotatable bonds is 9. The second-order valence-electron chi connectivity index (χ2n) is 8.11. The number of amides is 3. The molecule has 0 bridgehead atoms. The van der Waals surface area contributed by atoms with Gasteiger partial charge in [0.05, 0.1) is 24.2 Å². The first kappa shape index (κ1) is 23.7. The Hall–Kier alpha value is -3.40. The third kappa shape index (κ3) is 5.39. The number of amidine groups is 2. The van der Waals surface area contributed by atoms with E-state index in [-0.39, 0.29) is 42.4 Å². The summed E-state index contributed by atoms with van der Waals surface area (Å²) in [5.41, 5.74) is 1.46. The zero-order valence-electron chi connectivity index (χ0n) is 19.1. The molecule has 2 aliphatic heterocycles. The summed E-state index contributed by atoms with van der Waals surface area (Å²) in [6.07, 6.45) is 2.81. The SMILES string of the molecule is CC[C@H](C)NC(=O)CSC1=Nc2ccccc2C2=N[C@H](CCC(=O)NCc3ccco3)C(=O)N12. The number of nitrogens with one attached hydrogen (secondary N) is 2. The highest BCUT2D eigenvalue weighted by atomic mass is 32.2. The van der Waals surface area contributed by atoms with Crippen LogP contribution in [0.4, 0.5) is 5.69 Å². The maximum Gasteiger partial charge on any atom is 0.259 e. The van der Waals surface area contributed by atoms with Gasteiger partial charge in [-0.1, -0.05) is 30.8 Å². The summed E-state index contributed by atoms with van der Waals surface area (Å²) in [6, 6.07) is 10.4. The Morgan fingerprint density at radius 3 is 2.79 bits per heavy atom. The maximum absolute atomic E-state index is 13.3. The molecule has 2 atom stereocenters. The zero-order valence-corrected chi connectivity index (χ0v) is 19.9. The summed E-state index contributed by atoms with van der Waals surface area (Å²) in [5, 5.41) is 6.13. The maximum atomic E-state index is 13.3. The van der Waals surface area contributed by atoms with Crippen molar-refractivity contribution in [3.63, 3.8) is 0 Å². The van der Waals surface area contributed by atoms with Crippen LogP contribution in [0.25, 0.3) is 0 Å². The van der Waals surface area contributed by atoms with Gasteiger partial charge in [-0.25, -0.2) is 9.89 Å². The van der Waals surface area contributed by atoms with E-state index in [2.05, 4.69) is 20.6 Å². The lowest BCUT2D eigenvalue weighted by molar-refractivity contribution is -0.125. The first-order valence-electron chi connectivity index (χ1n) is 11.3. The van der Waals surface area contributed by atoms with E-state index in [1.165, 1.54) is 16.7 Å². The number of nitrogens with zero attached hydrogens (tertiary/aromatic N) is 3. The van der Waals surface area contributed by atoms with Gasteiger partial charge in [0.25, 0.3) is 5.91 Å². The molecule has 4 rings (SSSR count). The number of furan rings is 1. The second kappa shape index (κ2) is 10.7. The summed E-state index contributed by atoms with van der Waals surface area (Å²) in [6.45, 7) is 4.25. The Balaban J connectivity index is 1.43. The lowest BCUT2D eigenvalue weighted by atomic mass is 10.1. The molecule has 178 valence electrons. The van der Waals surface area contributed by atoms with Crippen LogP contribution < -0.4 is 10.6 Å². The third-order valence-corrected chi connectivity index (χ3v) is 6.52. The van der Waals surface area contributed by atoms with Gasteiger partial charge in [-0.3, -0.25) is 19.4 Å². The molecular formula is C24H27N5O4S. The van der Waals surface area contributed by atoms with E-state index in [1.54, 1.807) is 18.4 Å². The van der Waals surface area contributed by atoms with Crippen LogP contribution in [0, 0.1) is 0 Å². The standard InChI is InChI=1S/C24H27N5O4S/c1-3-15(2)26-21(31)14-34-24-28-18-9-5-4-8-17(18)22-27-19(23(32)29(22)24)10-11-20(30)25-13-16-7-6-12-33-16/h4-9,12,15,19H,3,10-11,13-14H2,1-2H3,(H,25,30)(H,26,31)/t15-,19+/m0/s1. The van der Waals surface area contributed by atoms with Crippen molar-refractivity contribution < 1.29 is 18.8 Å². The number of hydrogen-bond acceptors (Lipinski definition) is 7. The van der Waals surface area contributed by atoms with Gasteiger partial charge in [0.2, 0.25) is 11.8 Å². The van der Waals surface area contributed by atoms with Gasteiger partial charge in [-0.15, -0.1) is 0 Å². The van der Waals surface area contributed by atoms with E-state index >= 15 is 0 Å². The summed E-state index contributed by atoms with van der Waals surface area (Å²) in [5.74, 6) is 0.783. The summed E-state index contributed by atoms with van der Waals surface area (Å²) < 4.78 is 5.21. The molecule has 10 heteroatoms. The summed E-state index contributed by atoms with van der Waals surface area (Å²) in [7, 11) is 0. The van der Waals surface area contributed by atoms with Gasteiger partial charge in [0, 0.05) is 18.0 Å². The molecule has 0 spiro atoms. The monoisotopic (exact) mass is 481 g/mol. The Labute approximate surface area is 202 Å². The van der Waals surface area contributed by atoms with Crippen molar-refractivity contribution in [3.8, 4) is 0 Å². The van der Waals surface area contributed by atoms with Crippen molar-refractivity contribution in [2.75, 3.05) is 5.75 Å². The number of aliphatic imine (C=N–C) groups is 2. The highest BCUT2D eigenvalue weighted by Gasteiger charge is 2.41. The minimum absolute atomic E-state index is 0.0796. The lowest BCUT2D eigenvalue weighted by Gasteiger charge is -2.25. The first-order valence-corrected chi connectivity index (χ1v) is 12.3. The molecule has 3 amide bonds. The van der Waals surface area contributed by atoms with Gasteiger partial charge in [-0.05, 0) is 44.0 Å². The Morgan fingerprint density at radius 2 is 2.03 bits per heavy atom. The van der Waals surface area contributed by atoms with Crippen molar-refractivity contribution >= 4 is 46.2 Å². The molecule has 2 N–H and O–H groups in total. The largest absolute Gasteiger partial charge is 0.467 e.